The van der Waals surface area contributed by atoms with Crippen LogP contribution in [-0.4, -0.2) is 22.5 Å². The van der Waals surface area contributed by atoms with Crippen molar-refractivity contribution < 1.29 is 13.5 Å². The summed E-state index contributed by atoms with van der Waals surface area (Å²) in [7, 11) is 0. The number of aromatic nitrogens is 2. The lowest BCUT2D eigenvalue weighted by atomic mass is 9.67. The Balaban J connectivity index is 1.41. The molecule has 3 nitrogen and oxygen atoms in total. The number of alkyl halides is 2. The van der Waals surface area contributed by atoms with Crippen LogP contribution in [0.4, 0.5) is 8.78 Å². The van der Waals surface area contributed by atoms with E-state index in [2.05, 4.69) is 23.8 Å². The number of hydrogen-bond donors (Lipinski definition) is 0. The van der Waals surface area contributed by atoms with E-state index in [0.29, 0.717) is 24.7 Å². The number of nitrogens with zero attached hydrogens (tertiary/aromatic N) is 2. The molecule has 34 heavy (non-hydrogen) atoms. The smallest absolute Gasteiger partial charge is 0.258 e. The molecule has 0 aromatic carbocycles. The lowest BCUT2D eigenvalue weighted by Crippen LogP contribution is -2.38. The minimum atomic E-state index is -2.72. The van der Waals surface area contributed by atoms with Crippen molar-refractivity contribution in [3.8, 4) is 5.75 Å². The van der Waals surface area contributed by atoms with Crippen LogP contribution < -0.4 is 4.74 Å². The minimum Gasteiger partial charge on any atom is -0.490 e. The Labute approximate surface area is 206 Å². The topological polar surface area (TPSA) is 35.0 Å². The molecule has 0 bridgehead atoms. The van der Waals surface area contributed by atoms with Gasteiger partial charge in [0.2, 0.25) is 0 Å². The Morgan fingerprint density at radius 3 is 2.09 bits per heavy atom. The predicted molar refractivity (Wildman–Crippen MR) is 136 cm³/mol. The fourth-order valence-electron chi connectivity index (χ4n) is 6.19. The second-order valence-corrected chi connectivity index (χ2v) is 11.0. The van der Waals surface area contributed by atoms with Crippen molar-refractivity contribution >= 4 is 0 Å². The van der Waals surface area contributed by atoms with E-state index in [4.69, 9.17) is 4.74 Å². The Hall–Kier alpha value is -1.26. The first-order valence-corrected chi connectivity index (χ1v) is 14.4. The van der Waals surface area contributed by atoms with Gasteiger partial charge in [-0.05, 0) is 49.9 Å². The van der Waals surface area contributed by atoms with Crippen LogP contribution in [0.25, 0.3) is 0 Å². The van der Waals surface area contributed by atoms with Crippen LogP contribution in [0.3, 0.4) is 0 Å². The van der Waals surface area contributed by atoms with E-state index >= 15 is 8.78 Å². The maximum absolute atomic E-state index is 15.2. The van der Waals surface area contributed by atoms with Gasteiger partial charge in [-0.2, -0.15) is 0 Å². The van der Waals surface area contributed by atoms with Gasteiger partial charge in [0.25, 0.3) is 5.92 Å². The van der Waals surface area contributed by atoms with Crippen LogP contribution in [0.1, 0.15) is 135 Å². The normalized spacial score (nSPS) is 26.9. The molecule has 2 saturated carbocycles. The standard InChI is InChI=1S/C29H48F2N2O/c1-3-5-7-8-9-11-19-34-26-21-32-28(33-22-26)27-18-17-25(20-29(27,30)31)24-15-13-23(14-16-24)12-10-6-4-2/h21-25,27H,3-20H2,1-2H3/t23?,24?,25-,27+/m0/s1. The monoisotopic (exact) mass is 478 g/mol. The summed E-state index contributed by atoms with van der Waals surface area (Å²) in [5, 5.41) is 0. The van der Waals surface area contributed by atoms with Crippen LogP contribution >= 0.6 is 0 Å². The van der Waals surface area contributed by atoms with Gasteiger partial charge in [-0.25, -0.2) is 18.7 Å². The quantitative estimate of drug-likeness (QED) is 0.250. The zero-order chi connectivity index (χ0) is 24.2. The molecule has 2 atom stereocenters. The summed E-state index contributed by atoms with van der Waals surface area (Å²) in [5.41, 5.74) is 0. The Morgan fingerprint density at radius 2 is 1.41 bits per heavy atom. The molecule has 1 aromatic rings. The molecule has 5 heteroatoms. The molecular formula is C29H48F2N2O. The number of ether oxygens (including phenoxy) is 1. The molecule has 0 radical (unpaired) electrons. The highest BCUT2D eigenvalue weighted by Crippen LogP contribution is 2.50. The molecule has 0 spiro atoms. The SMILES string of the molecule is CCCCCCCCOc1cnc([C@H]2CC[C@H](C3CCC(CCCCC)CC3)CC2(F)F)nc1. The highest BCUT2D eigenvalue weighted by Gasteiger charge is 2.49. The van der Waals surface area contributed by atoms with Crippen LogP contribution in [0.5, 0.6) is 5.75 Å². The van der Waals surface area contributed by atoms with Crippen LogP contribution in [-0.2, 0) is 0 Å². The maximum atomic E-state index is 15.2. The third-order valence-electron chi connectivity index (χ3n) is 8.37. The third kappa shape index (κ3) is 8.45. The van der Waals surface area contributed by atoms with Crippen molar-refractivity contribution in [2.24, 2.45) is 17.8 Å². The maximum Gasteiger partial charge on any atom is 0.258 e. The summed E-state index contributed by atoms with van der Waals surface area (Å²) in [6.45, 7) is 5.10. The van der Waals surface area contributed by atoms with Crippen molar-refractivity contribution in [2.45, 2.75) is 135 Å². The second kappa shape index (κ2) is 14.3. The van der Waals surface area contributed by atoms with Gasteiger partial charge in [-0.1, -0.05) is 84.5 Å². The summed E-state index contributed by atoms with van der Waals surface area (Å²) in [4.78, 5) is 8.61. The molecule has 194 valence electrons. The molecule has 2 aliphatic rings. The summed E-state index contributed by atoms with van der Waals surface area (Å²) < 4.78 is 36.1. The number of rotatable bonds is 14. The van der Waals surface area contributed by atoms with Gasteiger partial charge in [0.1, 0.15) is 5.82 Å². The molecule has 0 N–H and O–H groups in total. The van der Waals surface area contributed by atoms with Crippen LogP contribution in [0, 0.1) is 17.8 Å². The summed E-state index contributed by atoms with van der Waals surface area (Å²) in [5.74, 6) is -1.24. The van der Waals surface area contributed by atoms with Gasteiger partial charge in [-0.3, -0.25) is 0 Å². The first kappa shape index (κ1) is 27.3. The average Bonchev–Trinajstić information content (AvgIpc) is 2.84. The van der Waals surface area contributed by atoms with E-state index in [1.165, 1.54) is 64.2 Å². The molecule has 0 aliphatic heterocycles. The first-order chi connectivity index (χ1) is 16.5. The largest absolute Gasteiger partial charge is 0.490 e. The van der Waals surface area contributed by atoms with Gasteiger partial charge in [0.05, 0.1) is 24.9 Å². The van der Waals surface area contributed by atoms with Crippen LogP contribution in [0.2, 0.25) is 0 Å². The number of unbranched alkanes of at least 4 members (excludes halogenated alkanes) is 7. The highest BCUT2D eigenvalue weighted by atomic mass is 19.3. The van der Waals surface area contributed by atoms with Crippen molar-refractivity contribution in [3.63, 3.8) is 0 Å². The zero-order valence-corrected chi connectivity index (χ0v) is 21.8. The summed E-state index contributed by atoms with van der Waals surface area (Å²) in [6.07, 6.45) is 21.8. The van der Waals surface area contributed by atoms with Gasteiger partial charge in [0, 0.05) is 6.42 Å². The fraction of sp³-hybridized carbons (Fsp3) is 0.862. The molecule has 1 heterocycles. The van der Waals surface area contributed by atoms with E-state index in [1.807, 2.05) is 0 Å². The third-order valence-corrected chi connectivity index (χ3v) is 8.37. The second-order valence-electron chi connectivity index (χ2n) is 11.0. The highest BCUT2D eigenvalue weighted by molar-refractivity contribution is 5.15. The molecule has 0 unspecified atom stereocenters. The number of hydrogen-bond acceptors (Lipinski definition) is 3. The summed E-state index contributed by atoms with van der Waals surface area (Å²) in [6, 6.07) is 0. The van der Waals surface area contributed by atoms with E-state index in [-0.39, 0.29) is 18.2 Å². The lowest BCUT2D eigenvalue weighted by molar-refractivity contribution is -0.0866. The Morgan fingerprint density at radius 1 is 0.794 bits per heavy atom. The lowest BCUT2D eigenvalue weighted by Gasteiger charge is -2.41. The molecule has 0 saturated heterocycles. The first-order valence-electron chi connectivity index (χ1n) is 14.4. The van der Waals surface area contributed by atoms with Gasteiger partial charge >= 0.3 is 0 Å². The van der Waals surface area contributed by atoms with Gasteiger partial charge < -0.3 is 4.74 Å². The zero-order valence-electron chi connectivity index (χ0n) is 21.8. The molecule has 1 aromatic heterocycles. The minimum absolute atomic E-state index is 0.00246. The Kier molecular flexibility index (Phi) is 11.5. The molecule has 0 amide bonds. The number of halogens is 2. The van der Waals surface area contributed by atoms with Crippen molar-refractivity contribution in [1.82, 2.24) is 9.97 Å². The van der Waals surface area contributed by atoms with E-state index in [0.717, 1.165) is 38.0 Å². The van der Waals surface area contributed by atoms with E-state index < -0.39 is 11.8 Å². The molecule has 2 aliphatic carbocycles. The predicted octanol–water partition coefficient (Wildman–Crippen LogP) is 9.12. The molecule has 2 fully saturated rings. The van der Waals surface area contributed by atoms with Gasteiger partial charge in [0.15, 0.2) is 5.75 Å². The van der Waals surface area contributed by atoms with Crippen molar-refractivity contribution in [2.75, 3.05) is 6.61 Å². The van der Waals surface area contributed by atoms with Crippen molar-refractivity contribution in [1.29, 1.82) is 0 Å². The summed E-state index contributed by atoms with van der Waals surface area (Å²) >= 11 is 0. The fourth-order valence-corrected chi connectivity index (χ4v) is 6.19. The van der Waals surface area contributed by atoms with E-state index in [9.17, 15) is 0 Å². The molecule has 3 rings (SSSR count). The van der Waals surface area contributed by atoms with Crippen LogP contribution in [0.15, 0.2) is 12.4 Å². The van der Waals surface area contributed by atoms with E-state index in [1.54, 1.807) is 12.4 Å². The van der Waals surface area contributed by atoms with Crippen molar-refractivity contribution in [3.05, 3.63) is 18.2 Å². The molecular weight excluding hydrogens is 430 g/mol. The Bertz CT molecular complexity index is 673. The average molecular weight is 479 g/mol. The van der Waals surface area contributed by atoms with Gasteiger partial charge in [-0.15, -0.1) is 0 Å².